The van der Waals surface area contributed by atoms with Crippen LogP contribution >= 0.6 is 0 Å². The molecule has 2 rings (SSSR count). The smallest absolute Gasteiger partial charge is 0.414 e. The van der Waals surface area contributed by atoms with Crippen LogP contribution in [0.25, 0.3) is 10.8 Å². The number of unbranched alkanes of at least 4 members (excludes halogenated alkanes) is 3. The maximum atomic E-state index is 12.4. The number of carbonyl (C=O) groups excluding carboxylic acids is 1. The van der Waals surface area contributed by atoms with E-state index in [9.17, 15) is 4.79 Å². The molecule has 0 aliphatic rings. The van der Waals surface area contributed by atoms with Gasteiger partial charge in [0.15, 0.2) is 11.5 Å². The second-order valence-corrected chi connectivity index (χ2v) is 6.01. The molecule has 0 atom stereocenters. The van der Waals surface area contributed by atoms with Gasteiger partial charge in [0, 0.05) is 30.4 Å². The van der Waals surface area contributed by atoms with Crippen LogP contribution in [0.5, 0.6) is 17.2 Å². The zero-order chi connectivity index (χ0) is 18.2. The van der Waals surface area contributed by atoms with E-state index in [1.165, 1.54) is 12.8 Å². The monoisotopic (exact) mass is 345 g/mol. The Morgan fingerprint density at radius 1 is 1.00 bits per heavy atom. The van der Waals surface area contributed by atoms with Gasteiger partial charge in [0.1, 0.15) is 5.75 Å². The van der Waals surface area contributed by atoms with Crippen LogP contribution in [0.15, 0.2) is 30.3 Å². The van der Waals surface area contributed by atoms with Crippen LogP contribution in [0.1, 0.15) is 32.6 Å². The number of fused-ring (bicyclic) bond motifs is 1. The van der Waals surface area contributed by atoms with Gasteiger partial charge in [-0.25, -0.2) is 4.79 Å². The number of ether oxygens (including phenoxy) is 3. The van der Waals surface area contributed by atoms with Crippen molar-refractivity contribution in [2.45, 2.75) is 32.6 Å². The zero-order valence-electron chi connectivity index (χ0n) is 15.5. The summed E-state index contributed by atoms with van der Waals surface area (Å²) in [6.07, 6.45) is 4.09. The summed E-state index contributed by atoms with van der Waals surface area (Å²) in [4.78, 5) is 14.0. The molecule has 2 aromatic rings. The molecular weight excluding hydrogens is 318 g/mol. The highest BCUT2D eigenvalue weighted by atomic mass is 16.6. The van der Waals surface area contributed by atoms with Gasteiger partial charge in [-0.1, -0.05) is 50.5 Å². The van der Waals surface area contributed by atoms with Gasteiger partial charge in [0.25, 0.3) is 0 Å². The molecule has 0 aliphatic heterocycles. The first-order valence-corrected chi connectivity index (χ1v) is 8.69. The lowest BCUT2D eigenvalue weighted by atomic mass is 10.1. The van der Waals surface area contributed by atoms with Crippen molar-refractivity contribution >= 4 is 16.9 Å². The van der Waals surface area contributed by atoms with Gasteiger partial charge in [-0.3, -0.25) is 0 Å². The molecule has 0 aromatic heterocycles. The highest BCUT2D eigenvalue weighted by molar-refractivity contribution is 5.96. The Balaban J connectivity index is 2.21. The molecule has 0 heterocycles. The van der Waals surface area contributed by atoms with E-state index in [4.69, 9.17) is 14.2 Å². The highest BCUT2D eigenvalue weighted by Crippen LogP contribution is 2.41. The predicted molar refractivity (Wildman–Crippen MR) is 99.8 cm³/mol. The second-order valence-electron chi connectivity index (χ2n) is 6.01. The van der Waals surface area contributed by atoms with Crippen molar-refractivity contribution in [2.75, 3.05) is 27.8 Å². The number of nitrogens with zero attached hydrogens (tertiary/aromatic N) is 1. The van der Waals surface area contributed by atoms with Crippen molar-refractivity contribution in [2.24, 2.45) is 0 Å². The van der Waals surface area contributed by atoms with E-state index in [0.717, 1.165) is 23.6 Å². The maximum Gasteiger partial charge on any atom is 0.414 e. The summed E-state index contributed by atoms with van der Waals surface area (Å²) in [6.45, 7) is 2.85. The van der Waals surface area contributed by atoms with Gasteiger partial charge >= 0.3 is 6.09 Å². The van der Waals surface area contributed by atoms with Crippen molar-refractivity contribution in [3.8, 4) is 17.2 Å². The van der Waals surface area contributed by atoms with Crippen molar-refractivity contribution in [3.63, 3.8) is 0 Å². The van der Waals surface area contributed by atoms with E-state index in [0.29, 0.717) is 23.8 Å². The van der Waals surface area contributed by atoms with Gasteiger partial charge in [-0.05, 0) is 6.42 Å². The van der Waals surface area contributed by atoms with E-state index < -0.39 is 0 Å². The number of rotatable bonds is 8. The largest absolute Gasteiger partial charge is 0.493 e. The van der Waals surface area contributed by atoms with E-state index in [1.54, 1.807) is 32.2 Å². The lowest BCUT2D eigenvalue weighted by Crippen LogP contribution is -2.30. The number of methoxy groups -OCH3 is 2. The van der Waals surface area contributed by atoms with Gasteiger partial charge < -0.3 is 19.1 Å². The summed E-state index contributed by atoms with van der Waals surface area (Å²) in [5.41, 5.74) is 0. The minimum atomic E-state index is -0.367. The number of amides is 1. The fraction of sp³-hybridized carbons (Fsp3) is 0.450. The first-order chi connectivity index (χ1) is 12.1. The lowest BCUT2D eigenvalue weighted by Gasteiger charge is -2.19. The molecule has 2 aromatic carbocycles. The average molecular weight is 345 g/mol. The number of hydrogen-bond donors (Lipinski definition) is 0. The SMILES string of the molecule is CCCCCCN(C)C(=O)Oc1cc(OC)c(OC)c2ccccc12. The minimum Gasteiger partial charge on any atom is -0.493 e. The molecule has 0 fully saturated rings. The van der Waals surface area contributed by atoms with Gasteiger partial charge in [-0.15, -0.1) is 0 Å². The Labute approximate surface area is 149 Å². The van der Waals surface area contributed by atoms with Crippen LogP contribution in [0.2, 0.25) is 0 Å². The number of benzene rings is 2. The Morgan fingerprint density at radius 2 is 1.72 bits per heavy atom. The molecule has 0 unspecified atom stereocenters. The quantitative estimate of drug-likeness (QED) is 0.641. The number of carbonyl (C=O) groups is 1. The standard InChI is InChI=1S/C20H27NO4/c1-5-6-7-10-13-21(2)20(22)25-17-14-18(23-3)19(24-4)16-12-9-8-11-15(16)17/h8-9,11-12,14H,5-7,10,13H2,1-4H3. The summed E-state index contributed by atoms with van der Waals surface area (Å²) < 4.78 is 16.5. The molecule has 5 nitrogen and oxygen atoms in total. The molecule has 5 heteroatoms. The predicted octanol–water partition coefficient (Wildman–Crippen LogP) is 4.87. The van der Waals surface area contributed by atoms with E-state index >= 15 is 0 Å². The Kier molecular flexibility index (Phi) is 6.92. The van der Waals surface area contributed by atoms with Crippen LogP contribution in [-0.4, -0.2) is 38.8 Å². The maximum absolute atomic E-state index is 12.4. The molecule has 136 valence electrons. The van der Waals surface area contributed by atoms with Gasteiger partial charge in [0.05, 0.1) is 14.2 Å². The van der Waals surface area contributed by atoms with Crippen LogP contribution in [-0.2, 0) is 0 Å². The minimum absolute atomic E-state index is 0.367. The molecule has 0 radical (unpaired) electrons. The molecule has 25 heavy (non-hydrogen) atoms. The third kappa shape index (κ3) is 4.56. The summed E-state index contributed by atoms with van der Waals surface area (Å²) in [5, 5.41) is 1.66. The first-order valence-electron chi connectivity index (χ1n) is 8.69. The zero-order valence-corrected chi connectivity index (χ0v) is 15.5. The third-order valence-corrected chi connectivity index (χ3v) is 4.20. The lowest BCUT2D eigenvalue weighted by molar-refractivity contribution is 0.162. The Bertz CT molecular complexity index is 714. The summed E-state index contributed by atoms with van der Waals surface area (Å²) in [7, 11) is 4.93. The van der Waals surface area contributed by atoms with E-state index in [2.05, 4.69) is 6.92 Å². The summed E-state index contributed by atoms with van der Waals surface area (Å²) >= 11 is 0. The van der Waals surface area contributed by atoms with Crippen LogP contribution in [0.3, 0.4) is 0 Å². The molecule has 0 aliphatic carbocycles. The fourth-order valence-corrected chi connectivity index (χ4v) is 2.78. The van der Waals surface area contributed by atoms with Crippen LogP contribution < -0.4 is 14.2 Å². The van der Waals surface area contributed by atoms with Crippen LogP contribution in [0.4, 0.5) is 4.79 Å². The van der Waals surface area contributed by atoms with E-state index in [-0.39, 0.29) is 6.09 Å². The first kappa shape index (κ1) is 18.9. The van der Waals surface area contributed by atoms with Gasteiger partial charge in [-0.2, -0.15) is 0 Å². The molecule has 1 amide bonds. The summed E-state index contributed by atoms with van der Waals surface area (Å²) in [6, 6.07) is 9.34. The van der Waals surface area contributed by atoms with E-state index in [1.807, 2.05) is 24.3 Å². The second kappa shape index (κ2) is 9.16. The fourth-order valence-electron chi connectivity index (χ4n) is 2.78. The van der Waals surface area contributed by atoms with Crippen molar-refractivity contribution in [3.05, 3.63) is 30.3 Å². The third-order valence-electron chi connectivity index (χ3n) is 4.20. The molecule has 0 N–H and O–H groups in total. The van der Waals surface area contributed by atoms with Crippen molar-refractivity contribution in [1.82, 2.24) is 4.90 Å². The molecule has 0 spiro atoms. The average Bonchev–Trinajstić information content (AvgIpc) is 2.64. The highest BCUT2D eigenvalue weighted by Gasteiger charge is 2.18. The van der Waals surface area contributed by atoms with Crippen molar-refractivity contribution in [1.29, 1.82) is 0 Å². The van der Waals surface area contributed by atoms with Crippen LogP contribution in [0, 0.1) is 0 Å². The normalized spacial score (nSPS) is 10.6. The molecule has 0 saturated carbocycles. The number of hydrogen-bond acceptors (Lipinski definition) is 4. The summed E-state index contributed by atoms with van der Waals surface area (Å²) in [5.74, 6) is 1.64. The topological polar surface area (TPSA) is 48.0 Å². The van der Waals surface area contributed by atoms with Crippen molar-refractivity contribution < 1.29 is 19.0 Å². The Morgan fingerprint density at radius 3 is 2.36 bits per heavy atom. The molecular formula is C20H27NO4. The Hall–Kier alpha value is -2.43. The van der Waals surface area contributed by atoms with Gasteiger partial charge in [0.2, 0.25) is 0 Å². The molecule has 0 saturated heterocycles. The molecule has 0 bridgehead atoms.